The van der Waals surface area contributed by atoms with Gasteiger partial charge in [-0.3, -0.25) is 0 Å². The standard InChI is InChI=1S/C13H17N3O/c1-10-4-6-12(7-5-10)15-13(17)16(3)9-11(2)8-14/h4-7,11H,9H2,1-3H3,(H,15,17). The lowest BCUT2D eigenvalue weighted by Crippen LogP contribution is -2.34. The second-order valence-electron chi connectivity index (χ2n) is 4.21. The van der Waals surface area contributed by atoms with E-state index in [9.17, 15) is 4.79 Å². The van der Waals surface area contributed by atoms with Crippen molar-refractivity contribution >= 4 is 11.7 Å². The quantitative estimate of drug-likeness (QED) is 0.869. The van der Waals surface area contributed by atoms with E-state index in [1.54, 1.807) is 14.0 Å². The Hall–Kier alpha value is -2.02. The third kappa shape index (κ3) is 4.15. The number of rotatable bonds is 3. The van der Waals surface area contributed by atoms with Gasteiger partial charge < -0.3 is 10.2 Å². The van der Waals surface area contributed by atoms with Crippen LogP contribution in [0.5, 0.6) is 0 Å². The molecule has 0 spiro atoms. The molecule has 0 fully saturated rings. The summed E-state index contributed by atoms with van der Waals surface area (Å²) in [6.45, 7) is 4.20. The minimum absolute atomic E-state index is 0.163. The maximum atomic E-state index is 11.8. The van der Waals surface area contributed by atoms with Crippen molar-refractivity contribution in [2.24, 2.45) is 5.92 Å². The van der Waals surface area contributed by atoms with Crippen LogP contribution in [0.25, 0.3) is 0 Å². The molecule has 1 atom stereocenters. The SMILES string of the molecule is Cc1ccc(NC(=O)N(C)CC(C)C#N)cc1. The van der Waals surface area contributed by atoms with Crippen LogP contribution < -0.4 is 5.32 Å². The monoisotopic (exact) mass is 231 g/mol. The van der Waals surface area contributed by atoms with Crippen LogP contribution >= 0.6 is 0 Å². The van der Waals surface area contributed by atoms with Crippen molar-refractivity contribution < 1.29 is 4.79 Å². The number of nitriles is 1. The average molecular weight is 231 g/mol. The Balaban J connectivity index is 2.54. The number of anilines is 1. The average Bonchev–Trinajstić information content (AvgIpc) is 2.31. The van der Waals surface area contributed by atoms with Gasteiger partial charge in [-0.2, -0.15) is 5.26 Å². The van der Waals surface area contributed by atoms with Crippen molar-refractivity contribution in [1.29, 1.82) is 5.26 Å². The van der Waals surface area contributed by atoms with Gasteiger partial charge in [0.05, 0.1) is 12.0 Å². The number of benzene rings is 1. The number of aryl methyl sites for hydroxylation is 1. The molecule has 0 aliphatic heterocycles. The summed E-state index contributed by atoms with van der Waals surface area (Å²) in [6.07, 6.45) is 0. The van der Waals surface area contributed by atoms with Gasteiger partial charge in [0.15, 0.2) is 0 Å². The number of hydrogen-bond acceptors (Lipinski definition) is 2. The van der Waals surface area contributed by atoms with Crippen LogP contribution in [0.4, 0.5) is 10.5 Å². The lowest BCUT2D eigenvalue weighted by molar-refractivity contribution is 0.219. The fourth-order valence-corrected chi connectivity index (χ4v) is 1.39. The highest BCUT2D eigenvalue weighted by Gasteiger charge is 2.11. The molecule has 17 heavy (non-hydrogen) atoms. The van der Waals surface area contributed by atoms with Crippen molar-refractivity contribution in [3.8, 4) is 6.07 Å². The fraction of sp³-hybridized carbons (Fsp3) is 0.385. The van der Waals surface area contributed by atoms with Gasteiger partial charge in [-0.15, -0.1) is 0 Å². The van der Waals surface area contributed by atoms with Gasteiger partial charge in [-0.1, -0.05) is 17.7 Å². The molecule has 4 heteroatoms. The van der Waals surface area contributed by atoms with Gasteiger partial charge in [-0.05, 0) is 26.0 Å². The molecule has 0 bridgehead atoms. The van der Waals surface area contributed by atoms with Crippen molar-refractivity contribution in [1.82, 2.24) is 4.90 Å². The summed E-state index contributed by atoms with van der Waals surface area (Å²) in [5, 5.41) is 11.5. The number of urea groups is 1. The summed E-state index contributed by atoms with van der Waals surface area (Å²) < 4.78 is 0. The first-order valence-electron chi connectivity index (χ1n) is 5.51. The molecule has 1 N–H and O–H groups in total. The van der Waals surface area contributed by atoms with Crippen molar-refractivity contribution in [3.63, 3.8) is 0 Å². The Kier molecular flexibility index (Phi) is 4.53. The summed E-state index contributed by atoms with van der Waals surface area (Å²) in [6, 6.07) is 9.49. The Morgan fingerprint density at radius 2 is 2.06 bits per heavy atom. The number of amides is 2. The van der Waals surface area contributed by atoms with Gasteiger partial charge >= 0.3 is 6.03 Å². The van der Waals surface area contributed by atoms with E-state index in [0.29, 0.717) is 6.54 Å². The molecular formula is C13H17N3O. The third-order valence-corrected chi connectivity index (χ3v) is 2.42. The zero-order valence-corrected chi connectivity index (χ0v) is 10.4. The normalized spacial score (nSPS) is 11.4. The van der Waals surface area contributed by atoms with Crippen LogP contribution in [-0.2, 0) is 0 Å². The van der Waals surface area contributed by atoms with E-state index < -0.39 is 0 Å². The lowest BCUT2D eigenvalue weighted by atomic mass is 10.2. The van der Waals surface area contributed by atoms with Crippen molar-refractivity contribution in [3.05, 3.63) is 29.8 Å². The van der Waals surface area contributed by atoms with Crippen molar-refractivity contribution in [2.75, 3.05) is 18.9 Å². The van der Waals surface area contributed by atoms with Gasteiger partial charge in [0, 0.05) is 19.3 Å². The van der Waals surface area contributed by atoms with Gasteiger partial charge in [0.25, 0.3) is 0 Å². The molecule has 0 saturated carbocycles. The molecule has 1 unspecified atom stereocenters. The Bertz CT molecular complexity index is 419. The molecule has 0 radical (unpaired) electrons. The summed E-state index contributed by atoms with van der Waals surface area (Å²) in [5.74, 6) is -0.163. The molecule has 1 aromatic rings. The van der Waals surface area contributed by atoms with E-state index in [1.165, 1.54) is 4.90 Å². The van der Waals surface area contributed by atoms with E-state index >= 15 is 0 Å². The molecule has 0 heterocycles. The van der Waals surface area contributed by atoms with Gasteiger partial charge in [0.2, 0.25) is 0 Å². The molecule has 4 nitrogen and oxygen atoms in total. The fourth-order valence-electron chi connectivity index (χ4n) is 1.39. The molecule has 2 amide bonds. The van der Waals surface area contributed by atoms with Crippen LogP contribution in [0.2, 0.25) is 0 Å². The summed E-state index contributed by atoms with van der Waals surface area (Å²) >= 11 is 0. The Morgan fingerprint density at radius 3 is 2.59 bits per heavy atom. The molecule has 0 aliphatic rings. The predicted octanol–water partition coefficient (Wildman–Crippen LogP) is 2.62. The molecule has 0 aliphatic carbocycles. The summed E-state index contributed by atoms with van der Waals surface area (Å²) in [7, 11) is 1.68. The third-order valence-electron chi connectivity index (χ3n) is 2.42. The van der Waals surface area contributed by atoms with Crippen molar-refractivity contribution in [2.45, 2.75) is 13.8 Å². The lowest BCUT2D eigenvalue weighted by Gasteiger charge is -2.18. The second-order valence-corrected chi connectivity index (χ2v) is 4.21. The zero-order valence-electron chi connectivity index (χ0n) is 10.4. The van der Waals surface area contributed by atoms with E-state index in [-0.39, 0.29) is 11.9 Å². The van der Waals surface area contributed by atoms with Crippen LogP contribution in [-0.4, -0.2) is 24.5 Å². The maximum absolute atomic E-state index is 11.8. The number of carbonyl (C=O) groups is 1. The predicted molar refractivity (Wildman–Crippen MR) is 67.6 cm³/mol. The highest BCUT2D eigenvalue weighted by molar-refractivity contribution is 5.89. The first kappa shape index (κ1) is 13.0. The van der Waals surface area contributed by atoms with E-state index in [1.807, 2.05) is 31.2 Å². The Labute approximate surface area is 102 Å². The summed E-state index contributed by atoms with van der Waals surface area (Å²) in [4.78, 5) is 13.3. The molecule has 1 aromatic carbocycles. The van der Waals surface area contributed by atoms with Crippen LogP contribution in [0.3, 0.4) is 0 Å². The largest absolute Gasteiger partial charge is 0.326 e. The topological polar surface area (TPSA) is 56.1 Å². The smallest absolute Gasteiger partial charge is 0.321 e. The maximum Gasteiger partial charge on any atom is 0.321 e. The van der Waals surface area contributed by atoms with E-state index in [2.05, 4.69) is 11.4 Å². The summed E-state index contributed by atoms with van der Waals surface area (Å²) in [5.41, 5.74) is 1.91. The highest BCUT2D eigenvalue weighted by atomic mass is 16.2. The minimum Gasteiger partial charge on any atom is -0.326 e. The molecule has 1 rings (SSSR count). The van der Waals surface area contributed by atoms with E-state index in [0.717, 1.165) is 11.3 Å². The first-order chi connectivity index (χ1) is 8.02. The number of carbonyl (C=O) groups excluding carboxylic acids is 1. The van der Waals surface area contributed by atoms with Gasteiger partial charge in [0.1, 0.15) is 0 Å². The van der Waals surface area contributed by atoms with Crippen LogP contribution in [0.1, 0.15) is 12.5 Å². The van der Waals surface area contributed by atoms with Crippen LogP contribution in [0.15, 0.2) is 24.3 Å². The minimum atomic E-state index is -0.198. The zero-order chi connectivity index (χ0) is 12.8. The number of nitrogens with zero attached hydrogens (tertiary/aromatic N) is 2. The number of hydrogen-bond donors (Lipinski definition) is 1. The molecule has 90 valence electrons. The van der Waals surface area contributed by atoms with Crippen LogP contribution in [0, 0.1) is 24.2 Å². The molecule has 0 aromatic heterocycles. The Morgan fingerprint density at radius 1 is 1.47 bits per heavy atom. The number of nitrogens with one attached hydrogen (secondary N) is 1. The first-order valence-corrected chi connectivity index (χ1v) is 5.51. The molecule has 0 saturated heterocycles. The van der Waals surface area contributed by atoms with E-state index in [4.69, 9.17) is 5.26 Å². The molecular weight excluding hydrogens is 214 g/mol. The highest BCUT2D eigenvalue weighted by Crippen LogP contribution is 2.09. The second kappa shape index (κ2) is 5.90. The van der Waals surface area contributed by atoms with Gasteiger partial charge in [-0.25, -0.2) is 4.79 Å².